The maximum Gasteiger partial charge on any atom is 0.243 e. The van der Waals surface area contributed by atoms with Crippen molar-refractivity contribution in [3.63, 3.8) is 0 Å². The Balaban J connectivity index is 1.43. The van der Waals surface area contributed by atoms with Crippen molar-refractivity contribution in [3.8, 4) is 11.5 Å². The second-order valence-corrected chi connectivity index (χ2v) is 6.75. The van der Waals surface area contributed by atoms with Crippen LogP contribution >= 0.6 is 0 Å². The Morgan fingerprint density at radius 3 is 2.71 bits per heavy atom. The van der Waals surface area contributed by atoms with E-state index in [1.807, 2.05) is 48.5 Å². The Labute approximate surface area is 166 Å². The highest BCUT2D eigenvalue weighted by Gasteiger charge is 2.16. The summed E-state index contributed by atoms with van der Waals surface area (Å²) < 4.78 is 16.9. The Morgan fingerprint density at radius 1 is 1.11 bits per heavy atom. The van der Waals surface area contributed by atoms with Crippen LogP contribution in [-0.2, 0) is 9.53 Å². The molecule has 28 heavy (non-hydrogen) atoms. The quantitative estimate of drug-likeness (QED) is 0.646. The Kier molecular flexibility index (Phi) is 7.55. The number of nitrogens with one attached hydrogen (secondary N) is 2. The Hall–Kier alpha value is -2.73. The van der Waals surface area contributed by atoms with E-state index in [0.29, 0.717) is 13.2 Å². The standard InChI is InChI=1S/C22H28N2O4/c1-2-12-26-19-10-8-17(9-11-19)24-22(25)15-23-18-5-3-6-20(14-18)28-16-21-7-4-13-27-21/h3,5-6,8-11,14,21,23H,2,4,7,12-13,15-16H2,1H3,(H,24,25). The fraction of sp³-hybridized carbons (Fsp3) is 0.409. The molecule has 3 rings (SSSR count). The first kappa shape index (κ1) is 20.0. The highest BCUT2D eigenvalue weighted by molar-refractivity contribution is 5.93. The smallest absolute Gasteiger partial charge is 0.243 e. The molecule has 2 N–H and O–H groups in total. The first-order valence-electron chi connectivity index (χ1n) is 9.84. The van der Waals surface area contributed by atoms with Gasteiger partial charge in [0.05, 0.1) is 19.3 Å². The average molecular weight is 384 g/mol. The van der Waals surface area contributed by atoms with Gasteiger partial charge in [0.15, 0.2) is 0 Å². The molecule has 0 aromatic heterocycles. The minimum atomic E-state index is -0.118. The lowest BCUT2D eigenvalue weighted by Crippen LogP contribution is -2.21. The van der Waals surface area contributed by atoms with Crippen LogP contribution in [0.5, 0.6) is 11.5 Å². The molecule has 1 aliphatic rings. The van der Waals surface area contributed by atoms with Crippen molar-refractivity contribution < 1.29 is 19.0 Å². The third kappa shape index (κ3) is 6.46. The third-order valence-electron chi connectivity index (χ3n) is 4.36. The van der Waals surface area contributed by atoms with Crippen molar-refractivity contribution in [2.75, 3.05) is 37.0 Å². The minimum Gasteiger partial charge on any atom is -0.494 e. The van der Waals surface area contributed by atoms with E-state index >= 15 is 0 Å². The van der Waals surface area contributed by atoms with Gasteiger partial charge in [0.1, 0.15) is 18.1 Å². The van der Waals surface area contributed by atoms with Gasteiger partial charge in [0, 0.05) is 24.0 Å². The molecule has 1 heterocycles. The summed E-state index contributed by atoms with van der Waals surface area (Å²) in [4.78, 5) is 12.2. The number of anilines is 2. The van der Waals surface area contributed by atoms with Gasteiger partial charge in [-0.3, -0.25) is 4.79 Å². The van der Waals surface area contributed by atoms with Gasteiger partial charge < -0.3 is 24.8 Å². The van der Waals surface area contributed by atoms with Gasteiger partial charge in [-0.05, 0) is 55.7 Å². The van der Waals surface area contributed by atoms with E-state index in [2.05, 4.69) is 17.6 Å². The molecule has 0 bridgehead atoms. The molecule has 150 valence electrons. The van der Waals surface area contributed by atoms with Gasteiger partial charge >= 0.3 is 0 Å². The summed E-state index contributed by atoms with van der Waals surface area (Å²) in [6.45, 7) is 4.30. The molecule has 1 fully saturated rings. The summed E-state index contributed by atoms with van der Waals surface area (Å²) in [5, 5.41) is 5.99. The molecular weight excluding hydrogens is 356 g/mol. The SMILES string of the molecule is CCCOc1ccc(NC(=O)CNc2cccc(OCC3CCCO3)c2)cc1. The van der Waals surface area contributed by atoms with Crippen LogP contribution in [0.4, 0.5) is 11.4 Å². The van der Waals surface area contributed by atoms with Gasteiger partial charge in [0.2, 0.25) is 5.91 Å². The highest BCUT2D eigenvalue weighted by Crippen LogP contribution is 2.20. The maximum atomic E-state index is 12.2. The molecule has 0 aliphatic carbocycles. The summed E-state index contributed by atoms with van der Waals surface area (Å²) in [6, 6.07) is 15.0. The van der Waals surface area contributed by atoms with Crippen molar-refractivity contribution in [2.24, 2.45) is 0 Å². The average Bonchev–Trinajstić information content (AvgIpc) is 3.24. The number of rotatable bonds is 10. The van der Waals surface area contributed by atoms with Gasteiger partial charge in [-0.25, -0.2) is 0 Å². The zero-order valence-corrected chi connectivity index (χ0v) is 16.3. The monoisotopic (exact) mass is 384 g/mol. The third-order valence-corrected chi connectivity index (χ3v) is 4.36. The van der Waals surface area contributed by atoms with Gasteiger partial charge in [0.25, 0.3) is 0 Å². The van der Waals surface area contributed by atoms with E-state index in [4.69, 9.17) is 14.2 Å². The predicted molar refractivity (Wildman–Crippen MR) is 110 cm³/mol. The van der Waals surface area contributed by atoms with E-state index in [0.717, 1.165) is 48.7 Å². The van der Waals surface area contributed by atoms with Gasteiger partial charge in [-0.1, -0.05) is 13.0 Å². The van der Waals surface area contributed by atoms with Crippen molar-refractivity contribution in [2.45, 2.75) is 32.3 Å². The van der Waals surface area contributed by atoms with E-state index < -0.39 is 0 Å². The molecule has 1 amide bonds. The van der Waals surface area contributed by atoms with Crippen LogP contribution in [-0.4, -0.2) is 38.4 Å². The minimum absolute atomic E-state index is 0.118. The van der Waals surface area contributed by atoms with Crippen molar-refractivity contribution >= 4 is 17.3 Å². The Bertz CT molecular complexity index is 742. The fourth-order valence-electron chi connectivity index (χ4n) is 2.90. The molecule has 6 heteroatoms. The van der Waals surface area contributed by atoms with Gasteiger partial charge in [-0.15, -0.1) is 0 Å². The van der Waals surface area contributed by atoms with Crippen LogP contribution in [0, 0.1) is 0 Å². The van der Waals surface area contributed by atoms with Crippen LogP contribution in [0.25, 0.3) is 0 Å². The van der Waals surface area contributed by atoms with Crippen LogP contribution in [0.15, 0.2) is 48.5 Å². The summed E-state index contributed by atoms with van der Waals surface area (Å²) in [6.07, 6.45) is 3.29. The molecule has 2 aromatic rings. The highest BCUT2D eigenvalue weighted by atomic mass is 16.5. The van der Waals surface area contributed by atoms with E-state index in [-0.39, 0.29) is 18.6 Å². The lowest BCUT2D eigenvalue weighted by atomic mass is 10.2. The first-order chi connectivity index (χ1) is 13.7. The summed E-state index contributed by atoms with van der Waals surface area (Å²) in [7, 11) is 0. The van der Waals surface area contributed by atoms with Crippen LogP contribution in [0.3, 0.4) is 0 Å². The maximum absolute atomic E-state index is 12.2. The number of hydrogen-bond donors (Lipinski definition) is 2. The molecule has 1 unspecified atom stereocenters. The first-order valence-corrected chi connectivity index (χ1v) is 9.84. The molecule has 1 aliphatic heterocycles. The molecule has 1 saturated heterocycles. The molecule has 1 atom stereocenters. The summed E-state index contributed by atoms with van der Waals surface area (Å²) in [5.74, 6) is 1.45. The van der Waals surface area contributed by atoms with E-state index in [9.17, 15) is 4.79 Å². The van der Waals surface area contributed by atoms with Crippen molar-refractivity contribution in [3.05, 3.63) is 48.5 Å². The molecular formula is C22H28N2O4. The zero-order chi connectivity index (χ0) is 19.6. The second kappa shape index (κ2) is 10.6. The zero-order valence-electron chi connectivity index (χ0n) is 16.3. The Morgan fingerprint density at radius 2 is 1.96 bits per heavy atom. The normalized spacial score (nSPS) is 15.8. The number of ether oxygens (including phenoxy) is 3. The number of carbonyl (C=O) groups excluding carboxylic acids is 1. The number of hydrogen-bond acceptors (Lipinski definition) is 5. The summed E-state index contributed by atoms with van der Waals surface area (Å²) in [5.41, 5.74) is 1.58. The topological polar surface area (TPSA) is 68.8 Å². The second-order valence-electron chi connectivity index (χ2n) is 6.75. The largest absolute Gasteiger partial charge is 0.494 e. The van der Waals surface area contributed by atoms with Crippen molar-refractivity contribution in [1.82, 2.24) is 0 Å². The molecule has 0 radical (unpaired) electrons. The number of amides is 1. The molecule has 2 aromatic carbocycles. The van der Waals surface area contributed by atoms with Gasteiger partial charge in [-0.2, -0.15) is 0 Å². The van der Waals surface area contributed by atoms with Crippen LogP contribution in [0.1, 0.15) is 26.2 Å². The van der Waals surface area contributed by atoms with Crippen LogP contribution < -0.4 is 20.1 Å². The van der Waals surface area contributed by atoms with Crippen LogP contribution in [0.2, 0.25) is 0 Å². The molecule has 0 spiro atoms. The fourth-order valence-corrected chi connectivity index (χ4v) is 2.90. The van der Waals surface area contributed by atoms with E-state index in [1.54, 1.807) is 0 Å². The van der Waals surface area contributed by atoms with E-state index in [1.165, 1.54) is 0 Å². The number of carbonyl (C=O) groups is 1. The molecule has 6 nitrogen and oxygen atoms in total. The summed E-state index contributed by atoms with van der Waals surface area (Å²) >= 11 is 0. The predicted octanol–water partition coefficient (Wildman–Crippen LogP) is 4.08. The van der Waals surface area contributed by atoms with Crippen molar-refractivity contribution in [1.29, 1.82) is 0 Å². The lowest BCUT2D eigenvalue weighted by Gasteiger charge is -2.13. The number of benzene rings is 2. The lowest BCUT2D eigenvalue weighted by molar-refractivity contribution is -0.114. The molecule has 0 saturated carbocycles.